The Hall–Kier alpha value is -2.63. The number of ether oxygens (including phenoxy) is 1. The smallest absolute Gasteiger partial charge is 0.343 e. The van der Waals surface area contributed by atoms with Gasteiger partial charge in [0, 0.05) is 25.8 Å². The molecule has 1 saturated heterocycles. The molecule has 1 aromatic heterocycles. The van der Waals surface area contributed by atoms with Crippen molar-refractivity contribution in [2.75, 3.05) is 29.9 Å². The Bertz CT molecular complexity index is 857. The highest BCUT2D eigenvalue weighted by molar-refractivity contribution is 5.94. The van der Waals surface area contributed by atoms with Crippen molar-refractivity contribution in [3.8, 4) is 0 Å². The van der Waals surface area contributed by atoms with Crippen molar-refractivity contribution in [1.29, 1.82) is 0 Å². The molecule has 0 bridgehead atoms. The number of hydrogen-bond acceptors (Lipinski definition) is 6. The van der Waals surface area contributed by atoms with E-state index in [0.29, 0.717) is 30.5 Å². The number of nitrogens with one attached hydrogen (secondary N) is 1. The van der Waals surface area contributed by atoms with Crippen LogP contribution in [0.1, 0.15) is 40.4 Å². The number of carbonyl (C=O) groups excluding carboxylic acids is 1. The number of anilines is 2. The van der Waals surface area contributed by atoms with E-state index in [1.54, 1.807) is 13.1 Å². The summed E-state index contributed by atoms with van der Waals surface area (Å²) in [6, 6.07) is 6.36. The normalized spacial score (nSPS) is 20.3. The maximum atomic E-state index is 12.3. The molecular weight excluding hydrogens is 340 g/mol. The van der Waals surface area contributed by atoms with Gasteiger partial charge in [-0.1, -0.05) is 18.2 Å². The van der Waals surface area contributed by atoms with Crippen LogP contribution < -0.4 is 10.2 Å². The third kappa shape index (κ3) is 3.75. The number of rotatable bonds is 6. The lowest BCUT2D eigenvalue weighted by Gasteiger charge is -2.19. The molecule has 1 N–H and O–H groups in total. The van der Waals surface area contributed by atoms with Crippen molar-refractivity contribution in [2.45, 2.75) is 33.7 Å². The number of aryl methyl sites for hydroxylation is 2. The van der Waals surface area contributed by atoms with Crippen molar-refractivity contribution in [3.63, 3.8) is 0 Å². The lowest BCUT2D eigenvalue weighted by atomic mass is 10.1. The molecule has 2 aromatic rings. The predicted molar refractivity (Wildman–Crippen MR) is 105 cm³/mol. The molecular formula is C21H26N4O2. The highest BCUT2D eigenvalue weighted by Crippen LogP contribution is 2.45. The molecule has 0 radical (unpaired) electrons. The second kappa shape index (κ2) is 7.18. The van der Waals surface area contributed by atoms with Gasteiger partial charge in [0.1, 0.15) is 11.4 Å². The van der Waals surface area contributed by atoms with Crippen LogP contribution in [0.25, 0.3) is 0 Å². The second-order valence-corrected chi connectivity index (χ2v) is 7.59. The quantitative estimate of drug-likeness (QED) is 0.791. The number of carbonyl (C=O) groups is 1. The minimum atomic E-state index is -0.393. The van der Waals surface area contributed by atoms with Gasteiger partial charge >= 0.3 is 5.97 Å². The van der Waals surface area contributed by atoms with Crippen LogP contribution in [0, 0.1) is 25.7 Å². The summed E-state index contributed by atoms with van der Waals surface area (Å²) >= 11 is 0. The monoisotopic (exact) mass is 366 g/mol. The van der Waals surface area contributed by atoms with Gasteiger partial charge in [-0.2, -0.15) is 4.98 Å². The average molecular weight is 366 g/mol. The molecule has 2 atom stereocenters. The Balaban J connectivity index is 1.56. The van der Waals surface area contributed by atoms with E-state index in [-0.39, 0.29) is 0 Å². The SMILES string of the molecule is CCOC(=O)c1cnc(N2CC3CC3C2)nc1NCc1ccc(C)c(C)c1. The summed E-state index contributed by atoms with van der Waals surface area (Å²) in [5, 5.41) is 3.32. The minimum absolute atomic E-state index is 0.326. The zero-order valence-electron chi connectivity index (χ0n) is 16.2. The van der Waals surface area contributed by atoms with Crippen molar-refractivity contribution >= 4 is 17.7 Å². The van der Waals surface area contributed by atoms with E-state index >= 15 is 0 Å². The molecule has 27 heavy (non-hydrogen) atoms. The van der Waals surface area contributed by atoms with Gasteiger partial charge in [-0.3, -0.25) is 0 Å². The number of fused-ring (bicyclic) bond motifs is 1. The molecule has 6 nitrogen and oxygen atoms in total. The van der Waals surface area contributed by atoms with E-state index in [0.717, 1.165) is 30.5 Å². The zero-order chi connectivity index (χ0) is 19.0. The van der Waals surface area contributed by atoms with Gasteiger partial charge in [-0.15, -0.1) is 0 Å². The third-order valence-corrected chi connectivity index (χ3v) is 5.56. The molecule has 0 amide bonds. The molecule has 1 saturated carbocycles. The van der Waals surface area contributed by atoms with E-state index in [1.807, 2.05) is 0 Å². The zero-order valence-corrected chi connectivity index (χ0v) is 16.2. The lowest BCUT2D eigenvalue weighted by Crippen LogP contribution is -2.25. The van der Waals surface area contributed by atoms with Gasteiger partial charge in [0.15, 0.2) is 0 Å². The van der Waals surface area contributed by atoms with Crippen LogP contribution in [-0.4, -0.2) is 35.6 Å². The van der Waals surface area contributed by atoms with Crippen molar-refractivity contribution in [2.24, 2.45) is 11.8 Å². The first-order valence-corrected chi connectivity index (χ1v) is 9.64. The van der Waals surface area contributed by atoms with Crippen LogP contribution in [0.4, 0.5) is 11.8 Å². The van der Waals surface area contributed by atoms with Crippen LogP contribution in [0.5, 0.6) is 0 Å². The first-order valence-electron chi connectivity index (χ1n) is 9.64. The second-order valence-electron chi connectivity index (χ2n) is 7.59. The number of benzene rings is 1. The van der Waals surface area contributed by atoms with Gasteiger partial charge < -0.3 is 15.0 Å². The largest absolute Gasteiger partial charge is 0.462 e. The summed E-state index contributed by atoms with van der Waals surface area (Å²) in [7, 11) is 0. The van der Waals surface area contributed by atoms with Gasteiger partial charge in [0.05, 0.1) is 6.61 Å². The molecule has 2 unspecified atom stereocenters. The van der Waals surface area contributed by atoms with Crippen molar-refractivity contribution in [3.05, 3.63) is 46.6 Å². The van der Waals surface area contributed by atoms with Crippen LogP contribution >= 0.6 is 0 Å². The number of aromatic nitrogens is 2. The van der Waals surface area contributed by atoms with Crippen LogP contribution in [0.2, 0.25) is 0 Å². The van der Waals surface area contributed by atoms with Gasteiger partial charge in [0.25, 0.3) is 0 Å². The molecule has 1 aliphatic heterocycles. The third-order valence-electron chi connectivity index (χ3n) is 5.56. The fourth-order valence-electron chi connectivity index (χ4n) is 3.68. The molecule has 0 spiro atoms. The molecule has 1 aliphatic carbocycles. The lowest BCUT2D eigenvalue weighted by molar-refractivity contribution is 0.0526. The van der Waals surface area contributed by atoms with Gasteiger partial charge in [-0.25, -0.2) is 9.78 Å². The van der Waals surface area contributed by atoms with E-state index < -0.39 is 5.97 Å². The van der Waals surface area contributed by atoms with Crippen LogP contribution in [0.15, 0.2) is 24.4 Å². The van der Waals surface area contributed by atoms with E-state index in [2.05, 4.69) is 52.2 Å². The summed E-state index contributed by atoms with van der Waals surface area (Å²) in [4.78, 5) is 23.6. The molecule has 2 heterocycles. The summed E-state index contributed by atoms with van der Waals surface area (Å²) < 4.78 is 5.17. The van der Waals surface area contributed by atoms with E-state index in [4.69, 9.17) is 4.74 Å². The minimum Gasteiger partial charge on any atom is -0.462 e. The fourth-order valence-corrected chi connectivity index (χ4v) is 3.68. The van der Waals surface area contributed by atoms with Crippen molar-refractivity contribution < 1.29 is 9.53 Å². The number of piperidine rings is 1. The Kier molecular flexibility index (Phi) is 4.72. The Morgan fingerprint density at radius 3 is 2.74 bits per heavy atom. The van der Waals surface area contributed by atoms with E-state index in [1.165, 1.54) is 17.5 Å². The number of esters is 1. The van der Waals surface area contributed by atoms with Crippen molar-refractivity contribution in [1.82, 2.24) is 9.97 Å². The topological polar surface area (TPSA) is 67.3 Å². The van der Waals surface area contributed by atoms with Crippen LogP contribution in [-0.2, 0) is 11.3 Å². The van der Waals surface area contributed by atoms with Gasteiger partial charge in [0.2, 0.25) is 5.95 Å². The van der Waals surface area contributed by atoms with Gasteiger partial charge in [-0.05, 0) is 55.7 Å². The Labute approximate surface area is 160 Å². The van der Waals surface area contributed by atoms with Crippen LogP contribution in [0.3, 0.4) is 0 Å². The highest BCUT2D eigenvalue weighted by atomic mass is 16.5. The van der Waals surface area contributed by atoms with E-state index in [9.17, 15) is 4.79 Å². The standard InChI is InChI=1S/C21H26N4O2/c1-4-27-20(26)18-10-23-21(25-11-16-8-17(16)12-25)24-19(18)22-9-15-6-5-13(2)14(3)7-15/h5-7,10,16-17H,4,8-9,11-12H2,1-3H3,(H,22,23,24). The summed E-state index contributed by atoms with van der Waals surface area (Å²) in [6.45, 7) is 8.95. The molecule has 2 fully saturated rings. The first kappa shape index (κ1) is 17.8. The number of nitrogens with zero attached hydrogens (tertiary/aromatic N) is 3. The summed E-state index contributed by atoms with van der Waals surface area (Å²) in [6.07, 6.45) is 2.92. The molecule has 1 aromatic carbocycles. The Morgan fingerprint density at radius 2 is 2.04 bits per heavy atom. The fraction of sp³-hybridized carbons (Fsp3) is 0.476. The Morgan fingerprint density at radius 1 is 1.26 bits per heavy atom. The molecule has 2 aliphatic rings. The average Bonchev–Trinajstić information content (AvgIpc) is 3.28. The summed E-state index contributed by atoms with van der Waals surface area (Å²) in [5.41, 5.74) is 4.05. The first-order chi connectivity index (χ1) is 13.0. The molecule has 142 valence electrons. The highest BCUT2D eigenvalue weighted by Gasteiger charge is 2.45. The summed E-state index contributed by atoms with van der Waals surface area (Å²) in [5.74, 6) is 2.43. The molecule has 6 heteroatoms. The predicted octanol–water partition coefficient (Wildman–Crippen LogP) is 3.34. The maximum absolute atomic E-state index is 12.3. The molecule has 4 rings (SSSR count). The number of hydrogen-bond donors (Lipinski definition) is 1. The maximum Gasteiger partial charge on any atom is 0.343 e.